The molecule has 0 aliphatic carbocycles. The Morgan fingerprint density at radius 1 is 0.871 bits per heavy atom. The van der Waals surface area contributed by atoms with Gasteiger partial charge in [0.05, 0.1) is 37.2 Å². The summed E-state index contributed by atoms with van der Waals surface area (Å²) >= 11 is 2.56. The number of hydrogen-bond acceptors (Lipinski definition) is 18. The van der Waals surface area contributed by atoms with Crippen molar-refractivity contribution >= 4 is 88.2 Å². The van der Waals surface area contributed by atoms with Gasteiger partial charge in [-0.2, -0.15) is 11.8 Å². The van der Waals surface area contributed by atoms with E-state index >= 15 is 0 Å². The van der Waals surface area contributed by atoms with Gasteiger partial charge in [0, 0.05) is 87.6 Å². The number of aliphatic hydroxyl groups excluding tert-OH is 1. The molecule has 516 valence electrons. The first-order valence-electron chi connectivity index (χ1n) is 32.6. The molecule has 5 N–H and O–H groups in total. The summed E-state index contributed by atoms with van der Waals surface area (Å²) < 4.78 is 17.3. The van der Waals surface area contributed by atoms with Crippen LogP contribution in [0, 0.1) is 31.6 Å². The Balaban J connectivity index is 1.60. The van der Waals surface area contributed by atoms with Crippen molar-refractivity contribution in [2.45, 2.75) is 213 Å². The molecule has 1 aromatic heterocycles. The Morgan fingerprint density at radius 2 is 1.57 bits per heavy atom. The number of imide groups is 1. The third kappa shape index (κ3) is 25.3. The molecule has 1 saturated heterocycles. The average molecular weight is 1330 g/mol. The lowest BCUT2D eigenvalue weighted by Crippen LogP contribution is -2.51. The maximum atomic E-state index is 14.9. The van der Waals surface area contributed by atoms with Crippen LogP contribution in [0.4, 0.5) is 5.69 Å². The van der Waals surface area contributed by atoms with Crippen molar-refractivity contribution in [2.75, 3.05) is 59.1 Å². The molecule has 3 aromatic rings. The fourth-order valence-corrected chi connectivity index (χ4v) is 12.4. The molecule has 2 heterocycles. The number of Topliss-reactive ketones (excluding diaryl/α,β-unsaturated/α-hetero) is 2. The zero-order valence-electron chi connectivity index (χ0n) is 57.3. The molecule has 9 atom stereocenters. The number of likely N-dealkylation sites (tertiary alicyclic amines) is 1. The third-order valence-corrected chi connectivity index (χ3v) is 19.6. The molecule has 2 aromatic carbocycles. The van der Waals surface area contributed by atoms with Gasteiger partial charge in [0.15, 0.2) is 5.78 Å². The van der Waals surface area contributed by atoms with Crippen LogP contribution in [0.2, 0.25) is 0 Å². The number of nitrogens with one attached hydrogen (secondary N) is 4. The highest BCUT2D eigenvalue weighted by Gasteiger charge is 2.40. The Kier molecular flexibility index (Phi) is 33.5. The van der Waals surface area contributed by atoms with Gasteiger partial charge in [-0.15, -0.1) is 11.3 Å². The van der Waals surface area contributed by atoms with Crippen LogP contribution in [0.5, 0.6) is 0 Å². The fourth-order valence-electron chi connectivity index (χ4n) is 10.9. The standard InChI is InChI=1S/C69H104N8O14S2/c1-15-45(5)53(37-60(81)69(9,10)75(11)12)67(87)76(13)57(43(2)3)38-58(66-74-56(41-93-66)65(86)71-51(35-47(7)91-42-79)36-49-25-23-44(4)24-26-49)90-40-50-27-28-54(46(6)34-50)72-64(85)55(21-18-16-17-20-52(80)29-32-89-33-31-78)73-63(84)48(8)70-61(82)22-19-30-77-62(83)39-59(92-14)68(77)88/h23-28,34,41-43,45,47-48,51,53,55,57-59,78H,15-22,29-33,35-40H2,1-14H3,(H,70,82)(H,71,86)(H,72,85)(H,73,84)/t45?,47?,48?,51-,53+,55?,57-,58-,59?/m1/s1. The Labute approximate surface area is 558 Å². The van der Waals surface area contributed by atoms with Crippen molar-refractivity contribution in [1.82, 2.24) is 35.6 Å². The Hall–Kier alpha value is -6.44. The number of carbonyl (C=O) groups is 10. The summed E-state index contributed by atoms with van der Waals surface area (Å²) in [6.45, 7) is 19.6. The first-order valence-corrected chi connectivity index (χ1v) is 34.8. The number of thiazole rings is 1. The summed E-state index contributed by atoms with van der Waals surface area (Å²) in [5.74, 6) is -3.53. The minimum atomic E-state index is -1.05. The van der Waals surface area contributed by atoms with Crippen LogP contribution in [0.25, 0.3) is 0 Å². The van der Waals surface area contributed by atoms with Crippen molar-refractivity contribution in [3.05, 3.63) is 80.8 Å². The average Bonchev–Trinajstić information content (AvgIpc) is 1.79. The second-order valence-electron chi connectivity index (χ2n) is 25.7. The number of likely N-dealkylation sites (N-methyl/N-ethyl adjacent to an activating group) is 1. The minimum absolute atomic E-state index is 0.00844. The number of aryl methyl sites for hydroxylation is 2. The van der Waals surface area contributed by atoms with E-state index < -0.39 is 76.7 Å². The number of ether oxygens (including phenoxy) is 3. The Morgan fingerprint density at radius 3 is 2.19 bits per heavy atom. The van der Waals surface area contributed by atoms with E-state index in [0.717, 1.165) is 16.7 Å². The number of aliphatic hydroxyl groups is 1. The summed E-state index contributed by atoms with van der Waals surface area (Å²) in [5.41, 5.74) is 3.30. The summed E-state index contributed by atoms with van der Waals surface area (Å²) in [6.07, 6.45) is 4.97. The lowest BCUT2D eigenvalue weighted by molar-refractivity contribution is -0.144. The van der Waals surface area contributed by atoms with Gasteiger partial charge in [0.25, 0.3) is 12.4 Å². The zero-order valence-corrected chi connectivity index (χ0v) is 58.9. The van der Waals surface area contributed by atoms with Crippen LogP contribution in [0.1, 0.15) is 183 Å². The SMILES string of the molecule is CCC(C)[C@H](CC(=O)C(C)(C)N(C)C)C(=O)N(C)[C@H](C[C@@H](OCc1ccc(NC(=O)C(CCCCCC(=O)CCOCCO)NC(=O)C(C)NC(=O)CCCN2C(=O)CC(SC)C2=O)c(C)c1)c1nc(C(=O)N[C@@H](Cc2ccc(C)cc2)CC(C)OC=O)cs1)C(C)C. The second kappa shape index (κ2) is 39.4. The summed E-state index contributed by atoms with van der Waals surface area (Å²) in [6, 6.07) is 10.5. The molecule has 4 rings (SSSR count). The maximum Gasteiger partial charge on any atom is 0.293 e. The first-order chi connectivity index (χ1) is 44.0. The molecule has 0 spiro atoms. The minimum Gasteiger partial charge on any atom is -0.465 e. The molecule has 24 heteroatoms. The van der Waals surface area contributed by atoms with Crippen LogP contribution < -0.4 is 21.3 Å². The van der Waals surface area contributed by atoms with Gasteiger partial charge in [0.1, 0.15) is 40.8 Å². The number of hydrogen-bond donors (Lipinski definition) is 5. The first kappa shape index (κ1) is 79.0. The fraction of sp³-hybridized carbons (Fsp3) is 0.638. The highest BCUT2D eigenvalue weighted by molar-refractivity contribution is 8.00. The summed E-state index contributed by atoms with van der Waals surface area (Å²) in [5, 5.41) is 22.3. The smallest absolute Gasteiger partial charge is 0.293 e. The van der Waals surface area contributed by atoms with Gasteiger partial charge in [-0.3, -0.25) is 57.7 Å². The van der Waals surface area contributed by atoms with Gasteiger partial charge < -0.3 is 45.5 Å². The Bertz CT molecular complexity index is 2960. The number of rotatable bonds is 44. The highest BCUT2D eigenvalue weighted by Crippen LogP contribution is 2.34. The predicted octanol–water partition coefficient (Wildman–Crippen LogP) is 8.26. The van der Waals surface area contributed by atoms with Gasteiger partial charge in [-0.1, -0.05) is 88.9 Å². The topological polar surface area (TPSA) is 289 Å². The van der Waals surface area contributed by atoms with Crippen LogP contribution in [0.3, 0.4) is 0 Å². The van der Waals surface area contributed by atoms with Crippen molar-refractivity contribution < 1.29 is 67.3 Å². The zero-order chi connectivity index (χ0) is 69.1. The van der Waals surface area contributed by atoms with Crippen LogP contribution in [0.15, 0.2) is 47.8 Å². The molecule has 1 fully saturated rings. The third-order valence-electron chi connectivity index (χ3n) is 17.7. The number of unbranched alkanes of at least 4 members (excludes halogenated alkanes) is 2. The normalized spacial score (nSPS) is 16.0. The van der Waals surface area contributed by atoms with E-state index in [1.54, 1.807) is 42.6 Å². The van der Waals surface area contributed by atoms with E-state index in [4.69, 9.17) is 24.3 Å². The molecule has 0 saturated carbocycles. The molecule has 1 aliphatic rings. The quantitative estimate of drug-likeness (QED) is 0.0202. The van der Waals surface area contributed by atoms with Gasteiger partial charge >= 0.3 is 0 Å². The molecular formula is C69H104N8O14S2. The summed E-state index contributed by atoms with van der Waals surface area (Å²) in [4.78, 5) is 142. The van der Waals surface area contributed by atoms with E-state index in [0.29, 0.717) is 67.7 Å². The highest BCUT2D eigenvalue weighted by atomic mass is 32.2. The number of benzene rings is 2. The molecule has 0 radical (unpaired) electrons. The van der Waals surface area contributed by atoms with E-state index in [1.807, 2.05) is 105 Å². The maximum absolute atomic E-state index is 14.9. The van der Waals surface area contributed by atoms with Crippen molar-refractivity contribution in [3.8, 4) is 0 Å². The number of thioether (sulfide) groups is 1. The van der Waals surface area contributed by atoms with E-state index in [9.17, 15) is 47.9 Å². The number of aromatic nitrogens is 1. The van der Waals surface area contributed by atoms with Crippen LogP contribution in [-0.4, -0.2) is 179 Å². The number of anilines is 1. The van der Waals surface area contributed by atoms with Crippen molar-refractivity contribution in [3.63, 3.8) is 0 Å². The van der Waals surface area contributed by atoms with E-state index in [-0.39, 0.29) is 125 Å². The number of ketones is 2. The van der Waals surface area contributed by atoms with Gasteiger partial charge in [-0.05, 0) is 122 Å². The van der Waals surface area contributed by atoms with E-state index in [2.05, 4.69) is 21.3 Å². The molecule has 93 heavy (non-hydrogen) atoms. The molecule has 22 nitrogen and oxygen atoms in total. The molecule has 7 amide bonds. The predicted molar refractivity (Wildman–Crippen MR) is 361 cm³/mol. The van der Waals surface area contributed by atoms with Crippen molar-refractivity contribution in [2.24, 2.45) is 17.8 Å². The molecule has 0 bridgehead atoms. The van der Waals surface area contributed by atoms with E-state index in [1.165, 1.54) is 34.9 Å². The number of amides is 7. The molecule has 1 aliphatic heterocycles. The van der Waals surface area contributed by atoms with Crippen molar-refractivity contribution in [1.29, 1.82) is 0 Å². The summed E-state index contributed by atoms with van der Waals surface area (Å²) in [7, 11) is 5.47. The van der Waals surface area contributed by atoms with Gasteiger partial charge in [-0.25, -0.2) is 4.98 Å². The van der Waals surface area contributed by atoms with Crippen LogP contribution in [-0.2, 0) is 70.4 Å². The monoisotopic (exact) mass is 1330 g/mol. The largest absolute Gasteiger partial charge is 0.465 e. The van der Waals surface area contributed by atoms with Gasteiger partial charge in [0.2, 0.25) is 35.4 Å². The number of nitrogens with zero attached hydrogens (tertiary/aromatic N) is 4. The van der Waals surface area contributed by atoms with Crippen LogP contribution >= 0.6 is 23.1 Å². The number of carbonyl (C=O) groups excluding carboxylic acids is 10. The second-order valence-corrected chi connectivity index (χ2v) is 27.6. The molecule has 5 unspecified atom stereocenters. The lowest BCUT2D eigenvalue weighted by Gasteiger charge is -2.38. The molecular weight excluding hydrogens is 1230 g/mol. The lowest BCUT2D eigenvalue weighted by atomic mass is 9.81.